The molecule has 0 aliphatic carbocycles. The van der Waals surface area contributed by atoms with Crippen LogP contribution in [0.5, 0.6) is 0 Å². The number of hydrogen-bond acceptors (Lipinski definition) is 7. The van der Waals surface area contributed by atoms with Gasteiger partial charge in [-0.3, -0.25) is 4.18 Å². The maximum Gasteiger partial charge on any atom is 0.217 e. The van der Waals surface area contributed by atoms with Gasteiger partial charge in [0.1, 0.15) is 18.7 Å². The van der Waals surface area contributed by atoms with E-state index in [0.717, 1.165) is 61.3 Å². The third kappa shape index (κ3) is 6.63. The molecule has 0 amide bonds. The fourth-order valence-electron chi connectivity index (χ4n) is 3.08. The molecule has 0 bridgehead atoms. The normalized spacial score (nSPS) is 18.6. The molecule has 1 atom stereocenters. The lowest BCUT2D eigenvalue weighted by atomic mass is 9.88. The van der Waals surface area contributed by atoms with Crippen LogP contribution in [-0.2, 0) is 24.9 Å². The first-order chi connectivity index (χ1) is 13.2. The summed E-state index contributed by atoms with van der Waals surface area (Å²) in [6.07, 6.45) is 0.730. The molecule has 1 unspecified atom stereocenters. The second kappa shape index (κ2) is 9.93. The number of ether oxygens (including phenoxy) is 1. The monoisotopic (exact) mass is 429 g/mol. The van der Waals surface area contributed by atoms with Gasteiger partial charge in [-0.15, -0.1) is 11.3 Å². The zero-order valence-corrected chi connectivity index (χ0v) is 17.7. The quantitative estimate of drug-likeness (QED) is 0.428. The number of benzene rings is 1. The van der Waals surface area contributed by atoms with Crippen molar-refractivity contribution in [1.82, 2.24) is 0 Å². The summed E-state index contributed by atoms with van der Waals surface area (Å²) >= 11 is 1.63. The molecular weight excluding hydrogens is 402 g/mol. The minimum atomic E-state index is -4.41. The third-order valence-electron chi connectivity index (χ3n) is 4.95. The predicted octanol–water partition coefficient (Wildman–Crippen LogP) is 1.94. The van der Waals surface area contributed by atoms with Crippen molar-refractivity contribution in [3.8, 4) is 0 Å². The van der Waals surface area contributed by atoms with Gasteiger partial charge in [-0.25, -0.2) is 8.42 Å². The van der Waals surface area contributed by atoms with Crippen molar-refractivity contribution in [1.29, 1.82) is 0 Å². The Morgan fingerprint density at radius 3 is 2.32 bits per heavy atom. The van der Waals surface area contributed by atoms with E-state index in [1.165, 1.54) is 0 Å². The minimum absolute atomic E-state index is 0.730. The van der Waals surface area contributed by atoms with E-state index < -0.39 is 16.0 Å². The molecule has 2 heterocycles. The average Bonchev–Trinajstić information content (AvgIpc) is 3.23. The van der Waals surface area contributed by atoms with Crippen molar-refractivity contribution < 1.29 is 31.5 Å². The molecule has 1 N–H and O–H groups in total. The predicted molar refractivity (Wildman–Crippen MR) is 107 cm³/mol. The van der Waals surface area contributed by atoms with E-state index in [-0.39, 0.29) is 0 Å². The number of hydrogen-bond donors (Lipinski definition) is 1. The molecule has 156 valence electrons. The Balaban J connectivity index is 0.000000409. The summed E-state index contributed by atoms with van der Waals surface area (Å²) in [4.78, 5) is 1.03. The van der Waals surface area contributed by atoms with E-state index in [1.54, 1.807) is 11.3 Å². The maximum absolute atomic E-state index is 11.5. The van der Waals surface area contributed by atoms with Crippen LogP contribution >= 0.6 is 11.3 Å². The third-order valence-corrected chi connectivity index (χ3v) is 6.38. The van der Waals surface area contributed by atoms with Gasteiger partial charge >= 0.3 is 0 Å². The molecule has 1 aliphatic rings. The SMILES string of the molecule is COS(=O)(=O)[O-].C[N+]1(CCC(O)(c2ccccc2)c2cccs2)CCOCC1. The molecule has 28 heavy (non-hydrogen) atoms. The van der Waals surface area contributed by atoms with Gasteiger partial charge in [0.2, 0.25) is 10.4 Å². The van der Waals surface area contributed by atoms with E-state index in [2.05, 4.69) is 11.2 Å². The van der Waals surface area contributed by atoms with Gasteiger partial charge in [0.15, 0.2) is 0 Å². The summed E-state index contributed by atoms with van der Waals surface area (Å²) in [5.74, 6) is 0. The van der Waals surface area contributed by atoms with Gasteiger partial charge in [-0.2, -0.15) is 0 Å². The van der Waals surface area contributed by atoms with Crippen molar-refractivity contribution >= 4 is 21.7 Å². The number of morpholine rings is 1. The Labute approximate surface area is 170 Å². The lowest BCUT2D eigenvalue weighted by Gasteiger charge is -2.40. The van der Waals surface area contributed by atoms with Crippen molar-refractivity contribution in [2.24, 2.45) is 0 Å². The summed E-state index contributed by atoms with van der Waals surface area (Å²) in [7, 11) is -1.34. The smallest absolute Gasteiger partial charge is 0.217 e. The van der Waals surface area contributed by atoms with Gasteiger partial charge in [-0.1, -0.05) is 36.4 Å². The van der Waals surface area contributed by atoms with Crippen molar-refractivity contribution in [2.75, 3.05) is 47.0 Å². The molecular formula is C19H27NO6S2. The molecule has 2 aromatic rings. The first kappa shape index (κ1) is 23.0. The van der Waals surface area contributed by atoms with Crippen LogP contribution in [0.2, 0.25) is 0 Å². The number of quaternary nitrogens is 1. The largest absolute Gasteiger partial charge is 0.726 e. The number of aliphatic hydroxyl groups is 1. The van der Waals surface area contributed by atoms with E-state index in [0.29, 0.717) is 0 Å². The number of likely N-dealkylation sites (N-methyl/N-ethyl adjacent to an activating group) is 1. The zero-order valence-electron chi connectivity index (χ0n) is 16.1. The molecule has 1 aromatic heterocycles. The summed E-state index contributed by atoms with van der Waals surface area (Å²) in [5.41, 5.74) is 0.0898. The molecule has 1 aliphatic heterocycles. The van der Waals surface area contributed by atoms with Crippen molar-refractivity contribution in [3.63, 3.8) is 0 Å². The van der Waals surface area contributed by atoms with Crippen molar-refractivity contribution in [2.45, 2.75) is 12.0 Å². The van der Waals surface area contributed by atoms with E-state index in [9.17, 15) is 18.1 Å². The van der Waals surface area contributed by atoms with Gasteiger partial charge in [-0.05, 0) is 17.0 Å². The fraction of sp³-hybridized carbons (Fsp3) is 0.474. The summed E-state index contributed by atoms with van der Waals surface area (Å²) < 4.78 is 37.5. The highest BCUT2D eigenvalue weighted by Gasteiger charge is 2.36. The Kier molecular flexibility index (Phi) is 8.14. The topological polar surface area (TPSA) is 95.9 Å². The van der Waals surface area contributed by atoms with Gasteiger partial charge in [0.05, 0.1) is 33.9 Å². The molecule has 1 aromatic carbocycles. The fourth-order valence-corrected chi connectivity index (χ4v) is 3.95. The van der Waals surface area contributed by atoms with Crippen LogP contribution in [0.25, 0.3) is 0 Å². The average molecular weight is 430 g/mol. The van der Waals surface area contributed by atoms with Crippen LogP contribution in [0, 0.1) is 0 Å². The van der Waals surface area contributed by atoms with Gasteiger partial charge in [0.25, 0.3) is 0 Å². The molecule has 0 radical (unpaired) electrons. The molecule has 3 rings (SSSR count). The second-order valence-electron chi connectivity index (χ2n) is 6.93. The summed E-state index contributed by atoms with van der Waals surface area (Å²) in [5, 5.41) is 13.5. The first-order valence-corrected chi connectivity index (χ1v) is 11.1. The van der Waals surface area contributed by atoms with Gasteiger partial charge < -0.3 is 18.9 Å². The van der Waals surface area contributed by atoms with E-state index in [1.807, 2.05) is 47.8 Å². The van der Waals surface area contributed by atoms with Gasteiger partial charge in [0, 0.05) is 11.3 Å². The minimum Gasteiger partial charge on any atom is -0.726 e. The molecule has 1 fully saturated rings. The van der Waals surface area contributed by atoms with E-state index in [4.69, 9.17) is 4.74 Å². The number of thiophene rings is 1. The summed E-state index contributed by atoms with van der Waals surface area (Å²) in [6.45, 7) is 4.63. The Morgan fingerprint density at radius 1 is 1.21 bits per heavy atom. The first-order valence-electron chi connectivity index (χ1n) is 8.93. The zero-order chi connectivity index (χ0) is 20.7. The Morgan fingerprint density at radius 2 is 1.82 bits per heavy atom. The van der Waals surface area contributed by atoms with Crippen LogP contribution in [0.3, 0.4) is 0 Å². The maximum atomic E-state index is 11.5. The van der Waals surface area contributed by atoms with Crippen LogP contribution in [0.15, 0.2) is 47.8 Å². The molecule has 7 nitrogen and oxygen atoms in total. The molecule has 9 heteroatoms. The lowest BCUT2D eigenvalue weighted by Crippen LogP contribution is -2.53. The number of nitrogens with zero attached hydrogens (tertiary/aromatic N) is 1. The lowest BCUT2D eigenvalue weighted by molar-refractivity contribution is -0.917. The Hall–Kier alpha value is -1.33. The van der Waals surface area contributed by atoms with Crippen LogP contribution < -0.4 is 0 Å². The van der Waals surface area contributed by atoms with Crippen molar-refractivity contribution in [3.05, 3.63) is 58.3 Å². The Bertz CT molecular complexity index is 804. The summed E-state index contributed by atoms with van der Waals surface area (Å²) in [6, 6.07) is 14.1. The highest BCUT2D eigenvalue weighted by molar-refractivity contribution is 7.80. The van der Waals surface area contributed by atoms with Crippen LogP contribution in [-0.4, -0.2) is 69.6 Å². The second-order valence-corrected chi connectivity index (χ2v) is 9.03. The standard InChI is InChI=1S/C18H24NO2S.CH4O4S/c1-19(11-13-21-14-12-19)10-9-18(20,17-8-5-15-22-17)16-6-3-2-4-7-16;1-5-6(2,3)4/h2-8,15,20H,9-14H2,1H3;1H3,(H,2,3,4)/q+1;/p-1. The molecule has 0 spiro atoms. The van der Waals surface area contributed by atoms with E-state index >= 15 is 0 Å². The molecule has 1 saturated heterocycles. The van der Waals surface area contributed by atoms with Crippen LogP contribution in [0.1, 0.15) is 16.9 Å². The highest BCUT2D eigenvalue weighted by atomic mass is 32.3. The molecule has 0 saturated carbocycles. The van der Waals surface area contributed by atoms with Crippen LogP contribution in [0.4, 0.5) is 0 Å². The number of rotatable bonds is 6. The highest BCUT2D eigenvalue weighted by Crippen LogP contribution is 2.36.